The number of hydrogen-bond acceptors (Lipinski definition) is 3. The van der Waals surface area contributed by atoms with Crippen molar-refractivity contribution in [3.05, 3.63) is 23.3 Å². The van der Waals surface area contributed by atoms with Crippen LogP contribution in [0.3, 0.4) is 0 Å². The van der Waals surface area contributed by atoms with E-state index in [0.717, 1.165) is 11.1 Å². The first-order valence-corrected chi connectivity index (χ1v) is 6.92. The first-order chi connectivity index (χ1) is 8.85. The van der Waals surface area contributed by atoms with E-state index < -0.39 is 6.10 Å². The number of ketones is 1. The van der Waals surface area contributed by atoms with E-state index in [9.17, 15) is 9.90 Å². The molecule has 4 unspecified atom stereocenters. The number of aliphatic hydroxyl groups is 1. The van der Waals surface area contributed by atoms with Gasteiger partial charge in [-0.15, -0.1) is 0 Å². The van der Waals surface area contributed by atoms with E-state index in [1.165, 1.54) is 0 Å². The monoisotopic (exact) mass is 266 g/mol. The summed E-state index contributed by atoms with van der Waals surface area (Å²) >= 11 is 0. The quantitative estimate of drug-likeness (QED) is 0.615. The third-order valence-electron chi connectivity index (χ3n) is 3.85. The molecule has 0 aromatic rings. The van der Waals surface area contributed by atoms with Gasteiger partial charge in [0.15, 0.2) is 5.78 Å². The van der Waals surface area contributed by atoms with Crippen molar-refractivity contribution >= 4 is 5.78 Å². The Morgan fingerprint density at radius 2 is 2.21 bits per heavy atom. The molecule has 108 valence electrons. The Kier molecular flexibility index (Phi) is 5.95. The standard InChI is InChI=1S/C16H26O3/c1-10(2)6-13(17)7-11(3)14-9-15(18)12(4)8-16(14)19-5/h6,8,11,14-16,18H,7,9H2,1-5H3. The topological polar surface area (TPSA) is 46.5 Å². The van der Waals surface area contributed by atoms with E-state index in [2.05, 4.69) is 6.92 Å². The van der Waals surface area contributed by atoms with Gasteiger partial charge >= 0.3 is 0 Å². The fourth-order valence-corrected chi connectivity index (χ4v) is 2.72. The summed E-state index contributed by atoms with van der Waals surface area (Å²) in [6, 6.07) is 0. The zero-order chi connectivity index (χ0) is 14.6. The second kappa shape index (κ2) is 7.01. The molecule has 0 saturated carbocycles. The minimum Gasteiger partial charge on any atom is -0.389 e. The zero-order valence-corrected chi connectivity index (χ0v) is 12.6. The normalized spacial score (nSPS) is 28.5. The molecule has 0 spiro atoms. The molecule has 3 nitrogen and oxygen atoms in total. The number of ether oxygens (including phenoxy) is 1. The Labute approximate surface area is 116 Å². The molecule has 0 aliphatic heterocycles. The highest BCUT2D eigenvalue weighted by atomic mass is 16.5. The maximum Gasteiger partial charge on any atom is 0.155 e. The first-order valence-electron chi connectivity index (χ1n) is 6.92. The van der Waals surface area contributed by atoms with Crippen LogP contribution in [0.15, 0.2) is 23.3 Å². The van der Waals surface area contributed by atoms with Gasteiger partial charge in [0.1, 0.15) is 0 Å². The lowest BCUT2D eigenvalue weighted by atomic mass is 9.76. The molecule has 1 N–H and O–H groups in total. The van der Waals surface area contributed by atoms with Crippen LogP contribution in [0.5, 0.6) is 0 Å². The molecule has 1 aliphatic rings. The summed E-state index contributed by atoms with van der Waals surface area (Å²) < 4.78 is 5.49. The number of rotatable bonds is 5. The van der Waals surface area contributed by atoms with E-state index in [0.29, 0.717) is 12.8 Å². The van der Waals surface area contributed by atoms with Gasteiger partial charge in [0.25, 0.3) is 0 Å². The summed E-state index contributed by atoms with van der Waals surface area (Å²) in [6.45, 7) is 7.84. The fraction of sp³-hybridized carbons (Fsp3) is 0.688. The van der Waals surface area contributed by atoms with Gasteiger partial charge in [-0.25, -0.2) is 0 Å². The third kappa shape index (κ3) is 4.59. The van der Waals surface area contributed by atoms with Crippen molar-refractivity contribution in [1.82, 2.24) is 0 Å². The molecular formula is C16H26O3. The Hall–Kier alpha value is -0.930. The van der Waals surface area contributed by atoms with Crippen LogP contribution in [0.1, 0.15) is 40.5 Å². The van der Waals surface area contributed by atoms with E-state index in [1.54, 1.807) is 13.2 Å². The molecule has 1 aliphatic carbocycles. The highest BCUT2D eigenvalue weighted by Crippen LogP contribution is 2.33. The second-order valence-corrected chi connectivity index (χ2v) is 5.90. The smallest absolute Gasteiger partial charge is 0.155 e. The lowest BCUT2D eigenvalue weighted by Crippen LogP contribution is -2.36. The Morgan fingerprint density at radius 3 is 2.74 bits per heavy atom. The fourth-order valence-electron chi connectivity index (χ4n) is 2.72. The largest absolute Gasteiger partial charge is 0.389 e. The maximum absolute atomic E-state index is 11.9. The molecule has 0 heterocycles. The number of carbonyl (C=O) groups is 1. The minimum atomic E-state index is -0.405. The second-order valence-electron chi connectivity index (χ2n) is 5.90. The van der Waals surface area contributed by atoms with Crippen molar-refractivity contribution in [2.24, 2.45) is 11.8 Å². The molecule has 3 heteroatoms. The predicted molar refractivity (Wildman–Crippen MR) is 76.9 cm³/mol. The number of aliphatic hydroxyl groups excluding tert-OH is 1. The third-order valence-corrected chi connectivity index (χ3v) is 3.85. The average Bonchev–Trinajstić information content (AvgIpc) is 2.30. The van der Waals surface area contributed by atoms with Crippen LogP contribution in [0.4, 0.5) is 0 Å². The summed E-state index contributed by atoms with van der Waals surface area (Å²) in [6.07, 6.45) is 4.45. The molecule has 4 atom stereocenters. The molecule has 0 aromatic carbocycles. The van der Waals surface area contributed by atoms with Gasteiger partial charge in [0, 0.05) is 13.5 Å². The predicted octanol–water partition coefficient (Wildman–Crippen LogP) is 2.89. The summed E-state index contributed by atoms with van der Waals surface area (Å²) in [5, 5.41) is 9.97. The van der Waals surface area contributed by atoms with Crippen molar-refractivity contribution < 1.29 is 14.6 Å². The van der Waals surface area contributed by atoms with Crippen molar-refractivity contribution in [3.63, 3.8) is 0 Å². The van der Waals surface area contributed by atoms with Crippen LogP contribution >= 0.6 is 0 Å². The van der Waals surface area contributed by atoms with Gasteiger partial charge in [-0.3, -0.25) is 4.79 Å². The van der Waals surface area contributed by atoms with Gasteiger partial charge in [0.2, 0.25) is 0 Å². The van der Waals surface area contributed by atoms with Gasteiger partial charge in [-0.05, 0) is 50.7 Å². The van der Waals surface area contributed by atoms with E-state index >= 15 is 0 Å². The van der Waals surface area contributed by atoms with Crippen molar-refractivity contribution in [3.8, 4) is 0 Å². The summed E-state index contributed by atoms with van der Waals surface area (Å²) in [7, 11) is 1.68. The lowest BCUT2D eigenvalue weighted by molar-refractivity contribution is -0.116. The van der Waals surface area contributed by atoms with Crippen LogP contribution in [0, 0.1) is 11.8 Å². The number of hydrogen-bond donors (Lipinski definition) is 1. The van der Waals surface area contributed by atoms with Crippen LogP contribution in [-0.4, -0.2) is 30.2 Å². The van der Waals surface area contributed by atoms with E-state index in [-0.39, 0.29) is 23.7 Å². The SMILES string of the molecule is COC1C=C(C)C(O)CC1C(C)CC(=O)C=C(C)C. The van der Waals surface area contributed by atoms with Crippen LogP contribution in [-0.2, 0) is 9.53 Å². The van der Waals surface area contributed by atoms with Crippen LogP contribution in [0.2, 0.25) is 0 Å². The van der Waals surface area contributed by atoms with E-state index in [1.807, 2.05) is 26.8 Å². The van der Waals surface area contributed by atoms with Gasteiger partial charge < -0.3 is 9.84 Å². The molecule has 19 heavy (non-hydrogen) atoms. The molecular weight excluding hydrogens is 240 g/mol. The summed E-state index contributed by atoms with van der Waals surface area (Å²) in [5.74, 6) is 0.549. The van der Waals surface area contributed by atoms with Gasteiger partial charge in [0.05, 0.1) is 12.2 Å². The molecule has 0 radical (unpaired) electrons. The van der Waals surface area contributed by atoms with Crippen molar-refractivity contribution in [2.45, 2.75) is 52.7 Å². The molecule has 0 aromatic heterocycles. The molecule has 0 fully saturated rings. The van der Waals surface area contributed by atoms with Gasteiger partial charge in [-0.2, -0.15) is 0 Å². The van der Waals surface area contributed by atoms with Crippen LogP contribution < -0.4 is 0 Å². The highest BCUT2D eigenvalue weighted by molar-refractivity contribution is 5.90. The first kappa shape index (κ1) is 16.1. The molecule has 0 saturated heterocycles. The van der Waals surface area contributed by atoms with Crippen molar-refractivity contribution in [1.29, 1.82) is 0 Å². The van der Waals surface area contributed by atoms with E-state index in [4.69, 9.17) is 4.74 Å². The molecule has 0 bridgehead atoms. The summed E-state index contributed by atoms with van der Waals surface area (Å²) in [5.41, 5.74) is 1.99. The number of carbonyl (C=O) groups excluding carboxylic acids is 1. The minimum absolute atomic E-state index is 0.00194. The maximum atomic E-state index is 11.9. The molecule has 0 amide bonds. The Bertz CT molecular complexity index is 377. The average molecular weight is 266 g/mol. The highest BCUT2D eigenvalue weighted by Gasteiger charge is 2.33. The summed E-state index contributed by atoms with van der Waals surface area (Å²) in [4.78, 5) is 11.9. The number of allylic oxidation sites excluding steroid dienone is 2. The Balaban J connectivity index is 2.73. The molecule has 1 rings (SSSR count). The Morgan fingerprint density at radius 1 is 1.58 bits per heavy atom. The van der Waals surface area contributed by atoms with Gasteiger partial charge in [-0.1, -0.05) is 18.6 Å². The van der Waals surface area contributed by atoms with Crippen LogP contribution in [0.25, 0.3) is 0 Å². The number of methoxy groups -OCH3 is 1. The zero-order valence-electron chi connectivity index (χ0n) is 12.6. The van der Waals surface area contributed by atoms with Crippen molar-refractivity contribution in [2.75, 3.05) is 7.11 Å². The lowest BCUT2D eigenvalue weighted by Gasteiger charge is -2.35.